The first-order chi connectivity index (χ1) is 23.4. The number of hydrogen-bond acceptors (Lipinski definition) is 5. The van der Waals surface area contributed by atoms with Crippen LogP contribution in [0.2, 0.25) is 10.0 Å². The van der Waals surface area contributed by atoms with Crippen LogP contribution >= 0.6 is 23.2 Å². The molecular weight excluding hydrogens is 674 g/mol. The van der Waals surface area contributed by atoms with E-state index in [0.29, 0.717) is 22.9 Å². The van der Waals surface area contributed by atoms with Gasteiger partial charge in [-0.1, -0.05) is 89.9 Å². The van der Waals surface area contributed by atoms with E-state index >= 15 is 0 Å². The second-order valence-corrected chi connectivity index (χ2v) is 13.6. The number of allylic oxidation sites excluding steroid dienone is 1. The highest BCUT2D eigenvalue weighted by molar-refractivity contribution is 6.30. The SMILES string of the molecule is CN1C(=CC2C(O)C(c3c(C(F)(F)F)nn(-c4ccccc4)c3O)C2O)C(Cc2ccc(Cl)cc2)(Cc2ccc(Cl)cc2)c2ccccc21. The van der Waals surface area contributed by atoms with Crippen LogP contribution in [0, 0.1) is 5.92 Å². The quantitative estimate of drug-likeness (QED) is 0.160. The highest BCUT2D eigenvalue weighted by atomic mass is 35.5. The Labute approximate surface area is 291 Å². The molecule has 11 heteroatoms. The van der Waals surface area contributed by atoms with Crippen molar-refractivity contribution in [3.63, 3.8) is 0 Å². The number of anilines is 1. The van der Waals surface area contributed by atoms with Gasteiger partial charge in [0.2, 0.25) is 5.88 Å². The molecule has 2 atom stereocenters. The van der Waals surface area contributed by atoms with Gasteiger partial charge >= 0.3 is 6.18 Å². The Morgan fingerprint density at radius 1 is 0.796 bits per heavy atom. The van der Waals surface area contributed by atoms with Gasteiger partial charge in [-0.3, -0.25) is 0 Å². The van der Waals surface area contributed by atoms with E-state index in [1.165, 1.54) is 12.1 Å². The molecule has 1 fully saturated rings. The lowest BCUT2D eigenvalue weighted by atomic mass is 9.63. The molecule has 0 saturated heterocycles. The maximum atomic E-state index is 14.3. The molecule has 0 spiro atoms. The van der Waals surface area contributed by atoms with Crippen molar-refractivity contribution in [2.45, 2.75) is 42.6 Å². The zero-order valence-corrected chi connectivity index (χ0v) is 27.7. The Morgan fingerprint density at radius 2 is 1.33 bits per heavy atom. The number of fused-ring (bicyclic) bond motifs is 1. The van der Waals surface area contributed by atoms with Crippen molar-refractivity contribution in [3.8, 4) is 11.6 Å². The van der Waals surface area contributed by atoms with E-state index in [-0.39, 0.29) is 5.69 Å². The first-order valence-electron chi connectivity index (χ1n) is 15.7. The summed E-state index contributed by atoms with van der Waals surface area (Å²) in [5.74, 6) is -3.17. The third-order valence-electron chi connectivity index (χ3n) is 9.85. The smallest absolute Gasteiger partial charge is 0.435 e. The monoisotopic (exact) mass is 705 g/mol. The number of alkyl halides is 3. The summed E-state index contributed by atoms with van der Waals surface area (Å²) in [4.78, 5) is 2.01. The number of aromatic nitrogens is 2. The summed E-state index contributed by atoms with van der Waals surface area (Å²) in [6, 6.07) is 31.0. The second kappa shape index (κ2) is 12.6. The molecule has 2 unspecified atom stereocenters. The fraction of sp³-hybridized carbons (Fsp3) is 0.237. The fourth-order valence-electron chi connectivity index (χ4n) is 7.51. The molecule has 0 bridgehead atoms. The summed E-state index contributed by atoms with van der Waals surface area (Å²) < 4.78 is 43.8. The van der Waals surface area contributed by atoms with Gasteiger partial charge < -0.3 is 20.2 Å². The summed E-state index contributed by atoms with van der Waals surface area (Å²) in [7, 11) is 1.91. The zero-order valence-electron chi connectivity index (χ0n) is 26.2. The van der Waals surface area contributed by atoms with Gasteiger partial charge in [0.15, 0.2) is 5.69 Å². The molecule has 1 aliphatic heterocycles. The predicted octanol–water partition coefficient (Wildman–Crippen LogP) is 8.10. The standard InChI is InChI=1S/C38H32Cl2F3N3O3/c1-45-29-10-6-5-9-28(29)37(20-22-11-15-24(39)16-12-22,21-23-13-17-25(40)18-14-23)30(45)19-27-33(47)31(34(27)48)32-35(38(41,42)43)44-46(36(32)49)26-7-3-2-4-8-26/h2-19,27,31,33-34,47-49H,20-21H2,1H3. The fourth-order valence-corrected chi connectivity index (χ4v) is 7.76. The molecule has 252 valence electrons. The maximum Gasteiger partial charge on any atom is 0.435 e. The minimum absolute atomic E-state index is 0.207. The molecule has 2 aliphatic rings. The van der Waals surface area contributed by atoms with Crippen molar-refractivity contribution < 1.29 is 28.5 Å². The lowest BCUT2D eigenvalue weighted by Gasteiger charge is -2.46. The molecular formula is C38H32Cl2F3N3O3. The molecule has 3 N–H and O–H groups in total. The largest absolute Gasteiger partial charge is 0.493 e. The van der Waals surface area contributed by atoms with Gasteiger partial charge in [0, 0.05) is 45.7 Å². The summed E-state index contributed by atoms with van der Waals surface area (Å²) in [5.41, 5.74) is 2.22. The third kappa shape index (κ3) is 5.78. The van der Waals surface area contributed by atoms with Crippen molar-refractivity contribution in [2.24, 2.45) is 5.92 Å². The third-order valence-corrected chi connectivity index (χ3v) is 10.3. The molecule has 1 aromatic heterocycles. The highest BCUT2D eigenvalue weighted by Crippen LogP contribution is 2.55. The number of halogens is 5. The number of nitrogens with zero attached hydrogens (tertiary/aromatic N) is 3. The van der Waals surface area contributed by atoms with Crippen LogP contribution < -0.4 is 4.90 Å². The van der Waals surface area contributed by atoms with E-state index in [1.54, 1.807) is 24.3 Å². The van der Waals surface area contributed by atoms with E-state index in [0.717, 1.165) is 32.8 Å². The van der Waals surface area contributed by atoms with Crippen molar-refractivity contribution in [3.05, 3.63) is 153 Å². The van der Waals surface area contributed by atoms with Crippen LogP contribution in [-0.4, -0.2) is 44.4 Å². The molecule has 0 radical (unpaired) electrons. The number of aliphatic hydroxyl groups is 2. The number of likely N-dealkylation sites (N-methyl/N-ethyl adjacent to an activating group) is 1. The highest BCUT2D eigenvalue weighted by Gasteiger charge is 2.56. The summed E-state index contributed by atoms with van der Waals surface area (Å²) >= 11 is 12.5. The first kappa shape index (κ1) is 33.2. The summed E-state index contributed by atoms with van der Waals surface area (Å²) in [5, 5.41) is 39.2. The number of rotatable bonds is 7. The zero-order chi connectivity index (χ0) is 34.7. The predicted molar refractivity (Wildman–Crippen MR) is 183 cm³/mol. The lowest BCUT2D eigenvalue weighted by molar-refractivity contribution is -0.145. The van der Waals surface area contributed by atoms with Crippen LogP contribution in [0.3, 0.4) is 0 Å². The van der Waals surface area contributed by atoms with Gasteiger partial charge in [0.25, 0.3) is 0 Å². The minimum atomic E-state index is -4.95. The molecule has 6 nitrogen and oxygen atoms in total. The molecule has 49 heavy (non-hydrogen) atoms. The minimum Gasteiger partial charge on any atom is -0.493 e. The van der Waals surface area contributed by atoms with Crippen LogP contribution in [0.5, 0.6) is 5.88 Å². The van der Waals surface area contributed by atoms with Gasteiger partial charge in [0.05, 0.1) is 23.5 Å². The van der Waals surface area contributed by atoms with Gasteiger partial charge in [-0.25, -0.2) is 4.68 Å². The van der Waals surface area contributed by atoms with Crippen molar-refractivity contribution >= 4 is 28.9 Å². The number of hydrogen-bond donors (Lipinski definition) is 3. The molecule has 1 saturated carbocycles. The van der Waals surface area contributed by atoms with Crippen LogP contribution in [0.15, 0.2) is 115 Å². The van der Waals surface area contributed by atoms with Crippen molar-refractivity contribution in [1.82, 2.24) is 9.78 Å². The topological polar surface area (TPSA) is 81.8 Å². The van der Waals surface area contributed by atoms with Gasteiger partial charge in [-0.05, 0) is 72.0 Å². The lowest BCUT2D eigenvalue weighted by Crippen LogP contribution is -2.53. The Hall–Kier alpha value is -4.28. The Balaban J connectivity index is 1.33. The van der Waals surface area contributed by atoms with E-state index in [2.05, 4.69) is 11.2 Å². The van der Waals surface area contributed by atoms with Crippen molar-refractivity contribution in [1.29, 1.82) is 0 Å². The Bertz CT molecular complexity index is 1960. The van der Waals surface area contributed by atoms with Gasteiger partial charge in [0.1, 0.15) is 0 Å². The van der Waals surface area contributed by atoms with Crippen molar-refractivity contribution in [2.75, 3.05) is 11.9 Å². The summed E-state index contributed by atoms with van der Waals surface area (Å²) in [6.45, 7) is 0. The molecule has 4 aromatic carbocycles. The van der Waals surface area contributed by atoms with E-state index in [9.17, 15) is 28.5 Å². The number of aromatic hydroxyl groups is 1. The molecule has 7 rings (SSSR count). The van der Waals surface area contributed by atoms with Crippen LogP contribution in [-0.2, 0) is 24.4 Å². The Kier molecular flexibility index (Phi) is 8.51. The first-order valence-corrected chi connectivity index (χ1v) is 16.5. The van der Waals surface area contributed by atoms with Crippen LogP contribution in [0.25, 0.3) is 5.69 Å². The molecule has 1 aliphatic carbocycles. The maximum absolute atomic E-state index is 14.3. The normalized spacial score (nSPS) is 22.3. The van der Waals surface area contributed by atoms with E-state index in [1.807, 2.05) is 78.7 Å². The van der Waals surface area contributed by atoms with Gasteiger partial charge in [-0.15, -0.1) is 0 Å². The number of aliphatic hydroxyl groups excluding tert-OH is 2. The Morgan fingerprint density at radius 3 is 1.88 bits per heavy atom. The van der Waals surface area contributed by atoms with E-state index in [4.69, 9.17) is 23.2 Å². The number of benzene rings is 4. The molecule has 5 aromatic rings. The second-order valence-electron chi connectivity index (χ2n) is 12.7. The average Bonchev–Trinajstić information content (AvgIpc) is 3.54. The van der Waals surface area contributed by atoms with E-state index < -0.39 is 52.8 Å². The van der Waals surface area contributed by atoms with Crippen LogP contribution in [0.1, 0.15) is 33.9 Å². The van der Waals surface area contributed by atoms with Gasteiger partial charge in [-0.2, -0.15) is 18.3 Å². The summed E-state index contributed by atoms with van der Waals surface area (Å²) in [6.07, 6.45) is -5.04. The molecule has 0 amide bonds. The van der Waals surface area contributed by atoms with Crippen LogP contribution in [0.4, 0.5) is 18.9 Å². The molecule has 2 heterocycles. The number of para-hydroxylation sites is 2. The average molecular weight is 707 g/mol.